The Hall–Kier alpha value is -3.49. The Kier molecular flexibility index (Phi) is 7.33. The number of aromatic nitrogens is 1. The Balaban J connectivity index is 1.56. The highest BCUT2D eigenvalue weighted by Gasteiger charge is 2.25. The number of nitrogens with one attached hydrogen (secondary N) is 1. The van der Waals surface area contributed by atoms with Crippen molar-refractivity contribution in [2.75, 3.05) is 25.9 Å². The van der Waals surface area contributed by atoms with Crippen molar-refractivity contribution >= 4 is 29.2 Å². The lowest BCUT2D eigenvalue weighted by atomic mass is 9.90. The van der Waals surface area contributed by atoms with E-state index in [1.165, 1.54) is 12.1 Å². The Morgan fingerprint density at radius 3 is 2.80 bits per heavy atom. The number of halogens is 2. The molecule has 0 bridgehead atoms. The fourth-order valence-corrected chi connectivity index (χ4v) is 4.49. The van der Waals surface area contributed by atoms with Gasteiger partial charge in [0.05, 0.1) is 18.2 Å². The monoisotopic (exact) mass is 496 g/mol. The number of carbonyl (C=O) groups excluding carboxylic acids is 2. The van der Waals surface area contributed by atoms with Crippen LogP contribution in [0, 0.1) is 5.82 Å². The van der Waals surface area contributed by atoms with E-state index in [-0.39, 0.29) is 29.8 Å². The van der Waals surface area contributed by atoms with E-state index in [1.54, 1.807) is 48.5 Å². The molecular weight excluding hydrogens is 471 g/mol. The summed E-state index contributed by atoms with van der Waals surface area (Å²) in [7, 11) is 1.77. The number of nitrogen functional groups attached to an aromatic ring is 1. The molecule has 1 aliphatic heterocycles. The third kappa shape index (κ3) is 5.44. The smallest absolute Gasteiger partial charge is 0.254 e. The molecule has 182 valence electrons. The standard InChI is InChI=1S/C26H26ClFN4O3/c1-32-13-17(6-8-24(32)34)18-10-21(25(29)30-12-18)15-5-7-20(22(28)11-15)26(35)31-23(14-33)16-3-2-4-19(27)9-16/h2-5,7,9-12,17,23,33H,6,8,13-14H2,1H3,(H2,29,30)(H,31,35)/t17-,23-/m1/s1. The molecule has 1 fully saturated rings. The van der Waals surface area contributed by atoms with E-state index in [1.807, 2.05) is 6.07 Å². The van der Waals surface area contributed by atoms with Crippen LogP contribution in [0.2, 0.25) is 5.02 Å². The number of hydrogen-bond donors (Lipinski definition) is 3. The number of rotatable bonds is 6. The summed E-state index contributed by atoms with van der Waals surface area (Å²) in [5.74, 6) is -0.925. The minimum absolute atomic E-state index is 0.111. The first-order valence-corrected chi connectivity index (χ1v) is 11.6. The molecule has 1 saturated heterocycles. The Morgan fingerprint density at radius 1 is 1.31 bits per heavy atom. The largest absolute Gasteiger partial charge is 0.394 e. The van der Waals surface area contributed by atoms with Crippen molar-refractivity contribution in [1.29, 1.82) is 0 Å². The summed E-state index contributed by atoms with van der Waals surface area (Å²) >= 11 is 6.00. The molecule has 2 aromatic carbocycles. The average Bonchev–Trinajstić information content (AvgIpc) is 2.84. The highest BCUT2D eigenvalue weighted by Crippen LogP contribution is 2.32. The fourth-order valence-electron chi connectivity index (χ4n) is 4.29. The molecule has 7 nitrogen and oxygen atoms in total. The van der Waals surface area contributed by atoms with Gasteiger partial charge in [-0.15, -0.1) is 0 Å². The molecule has 9 heteroatoms. The number of anilines is 1. The van der Waals surface area contributed by atoms with E-state index in [0.717, 1.165) is 5.56 Å². The van der Waals surface area contributed by atoms with Crippen LogP contribution in [0.1, 0.15) is 46.3 Å². The number of carbonyl (C=O) groups is 2. The van der Waals surface area contributed by atoms with Crippen LogP contribution in [0.5, 0.6) is 0 Å². The first kappa shape index (κ1) is 24.6. The van der Waals surface area contributed by atoms with E-state index in [0.29, 0.717) is 41.1 Å². The van der Waals surface area contributed by atoms with Crippen molar-refractivity contribution in [2.24, 2.45) is 0 Å². The van der Waals surface area contributed by atoms with Crippen LogP contribution in [0.25, 0.3) is 11.1 Å². The summed E-state index contributed by atoms with van der Waals surface area (Å²) < 4.78 is 15.0. The minimum Gasteiger partial charge on any atom is -0.394 e. The molecule has 4 rings (SSSR count). The molecule has 0 radical (unpaired) electrons. The van der Waals surface area contributed by atoms with E-state index >= 15 is 4.39 Å². The summed E-state index contributed by atoms with van der Waals surface area (Å²) in [4.78, 5) is 30.6. The second-order valence-corrected chi connectivity index (χ2v) is 9.11. The van der Waals surface area contributed by atoms with Gasteiger partial charge in [0.1, 0.15) is 11.6 Å². The molecule has 0 spiro atoms. The fraction of sp³-hybridized carbons (Fsp3) is 0.269. The zero-order valence-corrected chi connectivity index (χ0v) is 19.9. The SMILES string of the molecule is CN1C[C@H](c2cnc(N)c(-c3ccc(C(=O)N[C@H](CO)c4cccc(Cl)c4)c(F)c3)c2)CCC1=O. The van der Waals surface area contributed by atoms with E-state index < -0.39 is 17.8 Å². The molecule has 0 unspecified atom stereocenters. The predicted molar refractivity (Wildman–Crippen MR) is 132 cm³/mol. The average molecular weight is 497 g/mol. The molecule has 2 atom stereocenters. The lowest BCUT2D eigenvalue weighted by molar-refractivity contribution is -0.132. The predicted octanol–water partition coefficient (Wildman–Crippen LogP) is 3.92. The van der Waals surface area contributed by atoms with Gasteiger partial charge in [-0.05, 0) is 53.4 Å². The summed E-state index contributed by atoms with van der Waals surface area (Å²) in [6.45, 7) is 0.207. The van der Waals surface area contributed by atoms with Gasteiger partial charge in [-0.1, -0.05) is 29.8 Å². The van der Waals surface area contributed by atoms with Crippen molar-refractivity contribution in [3.05, 3.63) is 82.3 Å². The molecule has 1 aliphatic rings. The number of aliphatic hydroxyl groups is 1. The Morgan fingerprint density at radius 2 is 2.11 bits per heavy atom. The van der Waals surface area contributed by atoms with Gasteiger partial charge in [0.15, 0.2) is 0 Å². The van der Waals surface area contributed by atoms with Crippen LogP contribution in [0.15, 0.2) is 54.7 Å². The van der Waals surface area contributed by atoms with E-state index in [9.17, 15) is 14.7 Å². The topological polar surface area (TPSA) is 109 Å². The number of likely N-dealkylation sites (N-methyl/N-ethyl adjacent to an activating group) is 1. The molecule has 0 saturated carbocycles. The summed E-state index contributed by atoms with van der Waals surface area (Å²) in [5.41, 5.74) is 8.50. The molecule has 35 heavy (non-hydrogen) atoms. The second-order valence-electron chi connectivity index (χ2n) is 8.67. The molecule has 3 aromatic rings. The number of aliphatic hydroxyl groups excluding tert-OH is 1. The molecule has 1 aromatic heterocycles. The normalized spacial score (nSPS) is 16.7. The number of benzene rings is 2. The van der Waals surface area contributed by atoms with Gasteiger partial charge in [0, 0.05) is 42.7 Å². The molecule has 2 heterocycles. The number of amides is 2. The number of nitrogens with zero attached hydrogens (tertiary/aromatic N) is 2. The minimum atomic E-state index is -0.739. The van der Waals surface area contributed by atoms with Crippen molar-refractivity contribution in [1.82, 2.24) is 15.2 Å². The van der Waals surface area contributed by atoms with Crippen LogP contribution in [0.4, 0.5) is 10.2 Å². The number of likely N-dealkylation sites (tertiary alicyclic amines) is 1. The maximum absolute atomic E-state index is 15.0. The molecular formula is C26H26ClFN4O3. The van der Waals surface area contributed by atoms with Gasteiger partial charge < -0.3 is 21.1 Å². The zero-order valence-electron chi connectivity index (χ0n) is 19.2. The van der Waals surface area contributed by atoms with Gasteiger partial charge >= 0.3 is 0 Å². The van der Waals surface area contributed by atoms with E-state index in [2.05, 4.69) is 10.3 Å². The van der Waals surface area contributed by atoms with Gasteiger partial charge in [-0.25, -0.2) is 9.37 Å². The second kappa shape index (κ2) is 10.4. The maximum atomic E-state index is 15.0. The van der Waals surface area contributed by atoms with E-state index in [4.69, 9.17) is 17.3 Å². The van der Waals surface area contributed by atoms with Gasteiger partial charge in [-0.3, -0.25) is 9.59 Å². The molecule has 0 aliphatic carbocycles. The Bertz CT molecular complexity index is 1270. The number of hydrogen-bond acceptors (Lipinski definition) is 5. The summed E-state index contributed by atoms with van der Waals surface area (Å²) in [5, 5.41) is 12.8. The van der Waals surface area contributed by atoms with Crippen molar-refractivity contribution in [3.8, 4) is 11.1 Å². The van der Waals surface area contributed by atoms with Gasteiger partial charge in [0.2, 0.25) is 5.91 Å². The number of nitrogens with two attached hydrogens (primary N) is 1. The molecule has 4 N–H and O–H groups in total. The third-order valence-corrected chi connectivity index (χ3v) is 6.54. The summed E-state index contributed by atoms with van der Waals surface area (Å²) in [6, 6.07) is 12.1. The van der Waals surface area contributed by atoms with Crippen LogP contribution < -0.4 is 11.1 Å². The van der Waals surface area contributed by atoms with Crippen molar-refractivity contribution in [2.45, 2.75) is 24.8 Å². The number of pyridine rings is 1. The highest BCUT2D eigenvalue weighted by atomic mass is 35.5. The highest BCUT2D eigenvalue weighted by molar-refractivity contribution is 6.30. The van der Waals surface area contributed by atoms with Gasteiger partial charge in [0.25, 0.3) is 5.91 Å². The zero-order chi connectivity index (χ0) is 25.1. The maximum Gasteiger partial charge on any atom is 0.254 e. The van der Waals surface area contributed by atoms with Crippen LogP contribution in [0.3, 0.4) is 0 Å². The lowest BCUT2D eigenvalue weighted by Crippen LogP contribution is -2.35. The van der Waals surface area contributed by atoms with Crippen LogP contribution in [-0.2, 0) is 4.79 Å². The van der Waals surface area contributed by atoms with Crippen LogP contribution in [-0.4, -0.2) is 47.0 Å². The van der Waals surface area contributed by atoms with Crippen molar-refractivity contribution in [3.63, 3.8) is 0 Å². The third-order valence-electron chi connectivity index (χ3n) is 6.30. The van der Waals surface area contributed by atoms with Crippen LogP contribution >= 0.6 is 11.6 Å². The Labute approximate surface area is 207 Å². The first-order chi connectivity index (χ1) is 16.8. The quantitative estimate of drug-likeness (QED) is 0.479. The first-order valence-electron chi connectivity index (χ1n) is 11.2. The molecule has 2 amide bonds. The summed E-state index contributed by atoms with van der Waals surface area (Å²) in [6.07, 6.45) is 2.86. The van der Waals surface area contributed by atoms with Gasteiger partial charge in [-0.2, -0.15) is 0 Å². The lowest BCUT2D eigenvalue weighted by Gasteiger charge is -2.30. The number of piperidine rings is 1. The van der Waals surface area contributed by atoms with Crippen molar-refractivity contribution < 1.29 is 19.1 Å².